The first-order valence-corrected chi connectivity index (χ1v) is 8.15. The topological polar surface area (TPSA) is 54.0 Å². The number of amides is 1. The Morgan fingerprint density at radius 1 is 0.960 bits per heavy atom. The van der Waals surface area contributed by atoms with Crippen LogP contribution in [0.3, 0.4) is 0 Å². The van der Waals surface area contributed by atoms with Gasteiger partial charge in [-0.2, -0.15) is 4.83 Å². The van der Waals surface area contributed by atoms with E-state index in [0.717, 1.165) is 22.9 Å². The predicted molar refractivity (Wildman–Crippen MR) is 92.5 cm³/mol. The monoisotopic (exact) mass is 357 g/mol. The van der Waals surface area contributed by atoms with Gasteiger partial charge in [-0.05, 0) is 48.3 Å². The minimum Gasteiger partial charge on any atom is -0.277 e. The second-order valence-corrected chi connectivity index (χ2v) is 5.85. The van der Waals surface area contributed by atoms with E-state index >= 15 is 0 Å². The predicted octanol–water partition coefficient (Wildman–Crippen LogP) is 3.97. The second kappa shape index (κ2) is 7.87. The molecular formula is C18H13F2N3OS. The Morgan fingerprint density at radius 3 is 2.44 bits per heavy atom. The molecule has 0 unspecified atom stereocenters. The van der Waals surface area contributed by atoms with E-state index in [9.17, 15) is 13.6 Å². The van der Waals surface area contributed by atoms with E-state index in [1.807, 2.05) is 30.3 Å². The third kappa shape index (κ3) is 4.01. The molecule has 3 rings (SSSR count). The van der Waals surface area contributed by atoms with Crippen molar-refractivity contribution in [3.63, 3.8) is 0 Å². The van der Waals surface area contributed by atoms with Gasteiger partial charge in [0.05, 0.1) is 5.69 Å². The first kappa shape index (κ1) is 17.1. The molecular weight excluding hydrogens is 344 g/mol. The first-order valence-electron chi connectivity index (χ1n) is 7.33. The van der Waals surface area contributed by atoms with Crippen LogP contribution in [0.1, 0.15) is 10.4 Å². The van der Waals surface area contributed by atoms with Gasteiger partial charge in [0.1, 0.15) is 17.2 Å². The highest BCUT2D eigenvalue weighted by molar-refractivity contribution is 7.97. The van der Waals surface area contributed by atoms with E-state index in [0.29, 0.717) is 5.69 Å². The Hall–Kier alpha value is -2.77. The standard InChI is InChI=1S/C18H13F2N3OS/c19-14-10-9-13(15-8-4-5-11-21-15)17(20)16(14)18(24)22-23-25-12-6-2-1-3-7-12/h1-11,23H,(H,22,24). The van der Waals surface area contributed by atoms with Crippen LogP contribution in [-0.4, -0.2) is 10.9 Å². The van der Waals surface area contributed by atoms with Crippen LogP contribution in [0.25, 0.3) is 11.3 Å². The van der Waals surface area contributed by atoms with Gasteiger partial charge in [0.15, 0.2) is 0 Å². The van der Waals surface area contributed by atoms with Gasteiger partial charge in [-0.15, -0.1) is 0 Å². The molecule has 7 heteroatoms. The first-order chi connectivity index (χ1) is 12.2. The van der Waals surface area contributed by atoms with Crippen molar-refractivity contribution in [2.75, 3.05) is 0 Å². The normalized spacial score (nSPS) is 10.5. The number of aromatic nitrogens is 1. The van der Waals surface area contributed by atoms with Gasteiger partial charge in [0.2, 0.25) is 0 Å². The lowest BCUT2D eigenvalue weighted by molar-refractivity contribution is 0.0938. The largest absolute Gasteiger partial charge is 0.277 e. The number of rotatable bonds is 5. The average Bonchev–Trinajstić information content (AvgIpc) is 2.63. The van der Waals surface area contributed by atoms with Crippen molar-refractivity contribution in [1.82, 2.24) is 15.2 Å². The van der Waals surface area contributed by atoms with Crippen LogP contribution in [0.5, 0.6) is 0 Å². The molecule has 1 heterocycles. The fourth-order valence-corrected chi connectivity index (χ4v) is 2.72. The molecule has 25 heavy (non-hydrogen) atoms. The number of carbonyl (C=O) groups is 1. The van der Waals surface area contributed by atoms with Crippen LogP contribution in [-0.2, 0) is 0 Å². The summed E-state index contributed by atoms with van der Waals surface area (Å²) in [4.78, 5) is 19.6. The minimum atomic E-state index is -0.956. The number of hydrogen-bond donors (Lipinski definition) is 2. The smallest absolute Gasteiger partial charge is 0.272 e. The van der Waals surface area contributed by atoms with Gasteiger partial charge in [-0.25, -0.2) is 8.78 Å². The molecule has 0 saturated carbocycles. The maximum Gasteiger partial charge on any atom is 0.272 e. The molecule has 0 bridgehead atoms. The van der Waals surface area contributed by atoms with E-state index in [1.165, 1.54) is 12.3 Å². The molecule has 126 valence electrons. The summed E-state index contributed by atoms with van der Waals surface area (Å²) in [6.45, 7) is 0. The zero-order chi connectivity index (χ0) is 17.6. The fourth-order valence-electron chi connectivity index (χ4n) is 2.16. The summed E-state index contributed by atoms with van der Waals surface area (Å²) >= 11 is 1.12. The Balaban J connectivity index is 1.78. The maximum atomic E-state index is 14.6. The van der Waals surface area contributed by atoms with Gasteiger partial charge in [0.25, 0.3) is 5.91 Å². The summed E-state index contributed by atoms with van der Waals surface area (Å²) in [6, 6.07) is 16.4. The third-order valence-electron chi connectivity index (χ3n) is 3.34. The lowest BCUT2D eigenvalue weighted by Gasteiger charge is -2.10. The highest BCUT2D eigenvalue weighted by atomic mass is 32.2. The number of carbonyl (C=O) groups excluding carboxylic acids is 1. The van der Waals surface area contributed by atoms with Crippen LogP contribution in [0.2, 0.25) is 0 Å². The molecule has 0 atom stereocenters. The molecule has 2 aromatic carbocycles. The molecule has 2 N–H and O–H groups in total. The van der Waals surface area contributed by atoms with Crippen LogP contribution in [0, 0.1) is 11.6 Å². The number of nitrogens with zero attached hydrogens (tertiary/aromatic N) is 1. The summed E-state index contributed by atoms with van der Waals surface area (Å²) in [5.41, 5.74) is 2.00. The zero-order valence-electron chi connectivity index (χ0n) is 12.9. The Labute approximate surface area is 147 Å². The fraction of sp³-hybridized carbons (Fsp3) is 0. The molecule has 1 aromatic heterocycles. The third-order valence-corrected chi connectivity index (χ3v) is 4.05. The summed E-state index contributed by atoms with van der Waals surface area (Å²) < 4.78 is 28.6. The van der Waals surface area contributed by atoms with E-state index in [2.05, 4.69) is 15.2 Å². The molecule has 4 nitrogen and oxygen atoms in total. The lowest BCUT2D eigenvalue weighted by atomic mass is 10.1. The van der Waals surface area contributed by atoms with E-state index in [-0.39, 0.29) is 5.56 Å². The van der Waals surface area contributed by atoms with Crippen molar-refractivity contribution >= 4 is 17.9 Å². The van der Waals surface area contributed by atoms with Crippen molar-refractivity contribution < 1.29 is 13.6 Å². The molecule has 0 saturated heterocycles. The summed E-state index contributed by atoms with van der Waals surface area (Å²) in [6.07, 6.45) is 1.50. The van der Waals surface area contributed by atoms with Gasteiger partial charge in [0, 0.05) is 16.7 Å². The SMILES string of the molecule is O=C(NNSc1ccccc1)c1c(F)ccc(-c2ccccn2)c1F. The second-order valence-electron chi connectivity index (χ2n) is 4.97. The number of benzene rings is 2. The maximum absolute atomic E-state index is 14.6. The molecule has 0 aliphatic carbocycles. The van der Waals surface area contributed by atoms with E-state index in [1.54, 1.807) is 18.2 Å². The zero-order valence-corrected chi connectivity index (χ0v) is 13.7. The summed E-state index contributed by atoms with van der Waals surface area (Å²) in [5, 5.41) is 0. The lowest BCUT2D eigenvalue weighted by Crippen LogP contribution is -2.33. The van der Waals surface area contributed by atoms with Crippen LogP contribution in [0.15, 0.2) is 71.8 Å². The Kier molecular flexibility index (Phi) is 5.37. The summed E-state index contributed by atoms with van der Waals surface area (Å²) in [7, 11) is 0. The van der Waals surface area contributed by atoms with Crippen molar-refractivity contribution in [2.45, 2.75) is 4.90 Å². The molecule has 0 spiro atoms. The summed E-state index contributed by atoms with van der Waals surface area (Å²) in [5.74, 6) is -2.81. The van der Waals surface area contributed by atoms with Gasteiger partial charge < -0.3 is 0 Å². The number of halogens is 2. The minimum absolute atomic E-state index is 0.0582. The molecule has 0 radical (unpaired) electrons. The molecule has 1 amide bonds. The van der Waals surface area contributed by atoms with Crippen LogP contribution >= 0.6 is 11.9 Å². The van der Waals surface area contributed by atoms with Gasteiger partial charge >= 0.3 is 0 Å². The van der Waals surface area contributed by atoms with Crippen molar-refractivity contribution in [1.29, 1.82) is 0 Å². The van der Waals surface area contributed by atoms with Crippen molar-refractivity contribution in [3.05, 3.63) is 84.1 Å². The highest BCUT2D eigenvalue weighted by Crippen LogP contribution is 2.25. The quantitative estimate of drug-likeness (QED) is 0.536. The van der Waals surface area contributed by atoms with Crippen molar-refractivity contribution in [2.24, 2.45) is 0 Å². The van der Waals surface area contributed by atoms with Gasteiger partial charge in [-0.1, -0.05) is 24.3 Å². The number of hydrazine groups is 1. The van der Waals surface area contributed by atoms with E-state index in [4.69, 9.17) is 0 Å². The number of hydrogen-bond acceptors (Lipinski definition) is 4. The van der Waals surface area contributed by atoms with Crippen LogP contribution < -0.4 is 10.3 Å². The number of pyridine rings is 1. The molecule has 3 aromatic rings. The van der Waals surface area contributed by atoms with Crippen molar-refractivity contribution in [3.8, 4) is 11.3 Å². The van der Waals surface area contributed by atoms with E-state index < -0.39 is 23.1 Å². The Morgan fingerprint density at radius 2 is 1.72 bits per heavy atom. The van der Waals surface area contributed by atoms with Gasteiger partial charge in [-0.3, -0.25) is 15.2 Å². The number of nitrogens with one attached hydrogen (secondary N) is 2. The Bertz CT molecular complexity index is 876. The highest BCUT2D eigenvalue weighted by Gasteiger charge is 2.21. The molecule has 0 aliphatic rings. The molecule has 0 aliphatic heterocycles. The van der Waals surface area contributed by atoms with Crippen LogP contribution in [0.4, 0.5) is 8.78 Å². The average molecular weight is 357 g/mol. The molecule has 0 fully saturated rings.